The third kappa shape index (κ3) is 0.864. The quantitative estimate of drug-likeness (QED) is 0.541. The molecule has 2 fully saturated rings. The number of nitrogens with one attached hydrogen (secondary N) is 1. The van der Waals surface area contributed by atoms with Crippen LogP contribution in [0.1, 0.15) is 13.3 Å². The summed E-state index contributed by atoms with van der Waals surface area (Å²) in [6, 6.07) is 0.277. The lowest BCUT2D eigenvalue weighted by Crippen LogP contribution is -2.33. The fourth-order valence-corrected chi connectivity index (χ4v) is 3.24. The molecule has 0 aromatic heterocycles. The zero-order chi connectivity index (χ0) is 7.35. The van der Waals surface area contributed by atoms with Crippen molar-refractivity contribution in [3.8, 4) is 0 Å². The van der Waals surface area contributed by atoms with Gasteiger partial charge in [0.05, 0.1) is 5.75 Å². The van der Waals surface area contributed by atoms with Gasteiger partial charge in [-0.2, -0.15) is 0 Å². The maximum Gasteiger partial charge on any atom is 0.211 e. The fraction of sp³-hybridized carbons (Fsp3) is 1.00. The first-order valence-corrected chi connectivity index (χ1v) is 5.25. The Balaban J connectivity index is 2.16. The number of hydrogen-bond donors (Lipinski definition) is 1. The van der Waals surface area contributed by atoms with E-state index in [0.717, 1.165) is 6.42 Å². The van der Waals surface area contributed by atoms with E-state index >= 15 is 0 Å². The Bertz CT molecular complexity index is 246. The van der Waals surface area contributed by atoms with Gasteiger partial charge in [0.1, 0.15) is 0 Å². The van der Waals surface area contributed by atoms with Crippen LogP contribution in [0.15, 0.2) is 0 Å². The minimum absolute atomic E-state index is 0.277. The van der Waals surface area contributed by atoms with Crippen molar-refractivity contribution in [3.63, 3.8) is 0 Å². The van der Waals surface area contributed by atoms with Crippen molar-refractivity contribution in [1.82, 2.24) is 4.72 Å². The van der Waals surface area contributed by atoms with Gasteiger partial charge in [-0.05, 0) is 18.3 Å². The van der Waals surface area contributed by atoms with E-state index in [2.05, 4.69) is 11.6 Å². The zero-order valence-corrected chi connectivity index (χ0v) is 6.69. The molecule has 1 aliphatic heterocycles. The van der Waals surface area contributed by atoms with Crippen molar-refractivity contribution >= 4 is 10.0 Å². The molecule has 0 aromatic rings. The molecule has 3 atom stereocenters. The highest BCUT2D eigenvalue weighted by Crippen LogP contribution is 2.44. The third-order valence-electron chi connectivity index (χ3n) is 2.60. The molecule has 0 radical (unpaired) electrons. The molecule has 0 aromatic carbocycles. The number of rotatable bonds is 0. The first-order chi connectivity index (χ1) is 4.60. The van der Waals surface area contributed by atoms with Crippen molar-refractivity contribution in [2.24, 2.45) is 11.8 Å². The van der Waals surface area contributed by atoms with E-state index < -0.39 is 10.0 Å². The molecule has 1 heterocycles. The highest BCUT2D eigenvalue weighted by Gasteiger charge is 2.51. The monoisotopic (exact) mass is 161 g/mol. The van der Waals surface area contributed by atoms with Crippen LogP contribution in [-0.2, 0) is 10.0 Å². The summed E-state index contributed by atoms with van der Waals surface area (Å²) in [5.41, 5.74) is 0. The lowest BCUT2D eigenvalue weighted by Gasteiger charge is -2.09. The van der Waals surface area contributed by atoms with Crippen LogP contribution in [0.3, 0.4) is 0 Å². The molecule has 0 amide bonds. The van der Waals surface area contributed by atoms with Crippen LogP contribution < -0.4 is 4.72 Å². The molecular formula is C6H11NO2S. The normalized spacial score (nSPS) is 49.9. The molecule has 1 aliphatic carbocycles. The molecule has 2 unspecified atom stereocenters. The highest BCUT2D eigenvalue weighted by molar-refractivity contribution is 7.89. The van der Waals surface area contributed by atoms with E-state index in [1.165, 1.54) is 0 Å². The molecule has 2 rings (SSSR count). The Labute approximate surface area is 60.9 Å². The summed E-state index contributed by atoms with van der Waals surface area (Å²) in [7, 11) is -2.87. The molecule has 10 heavy (non-hydrogen) atoms. The van der Waals surface area contributed by atoms with E-state index in [1.807, 2.05) is 0 Å². The number of hydrogen-bond acceptors (Lipinski definition) is 2. The molecule has 1 N–H and O–H groups in total. The van der Waals surface area contributed by atoms with Crippen molar-refractivity contribution in [2.45, 2.75) is 19.4 Å². The summed E-state index contributed by atoms with van der Waals surface area (Å²) in [5, 5.41) is 0. The topological polar surface area (TPSA) is 46.2 Å². The van der Waals surface area contributed by atoms with Gasteiger partial charge < -0.3 is 0 Å². The second kappa shape index (κ2) is 1.74. The standard InChI is InChI=1S/C6H11NO2S/c1-4-5-2-3-10(8,9)7-6(4)5/h4-7H,2-3H2,1H3/t4?,5-,6?/m0/s1. The number of fused-ring (bicyclic) bond motifs is 1. The summed E-state index contributed by atoms with van der Waals surface area (Å²) in [6.07, 6.45) is 0.862. The summed E-state index contributed by atoms with van der Waals surface area (Å²) in [5.74, 6) is 1.55. The summed E-state index contributed by atoms with van der Waals surface area (Å²) >= 11 is 0. The van der Waals surface area contributed by atoms with E-state index in [1.54, 1.807) is 0 Å². The van der Waals surface area contributed by atoms with Gasteiger partial charge in [0, 0.05) is 6.04 Å². The predicted molar refractivity (Wildman–Crippen MR) is 38.0 cm³/mol. The van der Waals surface area contributed by atoms with Gasteiger partial charge in [-0.15, -0.1) is 0 Å². The van der Waals surface area contributed by atoms with E-state index in [-0.39, 0.29) is 6.04 Å². The van der Waals surface area contributed by atoms with E-state index in [9.17, 15) is 8.42 Å². The fourth-order valence-electron chi connectivity index (χ4n) is 1.74. The SMILES string of the molecule is CC1C2NS(=O)(=O)CC[C@@H]12. The Morgan fingerprint density at radius 3 is 2.70 bits per heavy atom. The lowest BCUT2D eigenvalue weighted by atomic mass is 10.3. The maximum absolute atomic E-state index is 10.9. The molecule has 3 nitrogen and oxygen atoms in total. The van der Waals surface area contributed by atoms with Gasteiger partial charge in [0.25, 0.3) is 0 Å². The van der Waals surface area contributed by atoms with E-state index in [4.69, 9.17) is 0 Å². The number of sulfonamides is 1. The maximum atomic E-state index is 10.9. The first-order valence-electron chi connectivity index (χ1n) is 3.60. The van der Waals surface area contributed by atoms with Crippen molar-refractivity contribution < 1.29 is 8.42 Å². The molecule has 58 valence electrons. The Hall–Kier alpha value is -0.0900. The van der Waals surface area contributed by atoms with Gasteiger partial charge in [-0.3, -0.25) is 0 Å². The van der Waals surface area contributed by atoms with Crippen molar-refractivity contribution in [1.29, 1.82) is 0 Å². The zero-order valence-electron chi connectivity index (χ0n) is 5.87. The molecule has 4 heteroatoms. The van der Waals surface area contributed by atoms with Gasteiger partial charge in [-0.25, -0.2) is 13.1 Å². The molecular weight excluding hydrogens is 150 g/mol. The van der Waals surface area contributed by atoms with Crippen molar-refractivity contribution in [3.05, 3.63) is 0 Å². The van der Waals surface area contributed by atoms with Crippen LogP contribution in [0.25, 0.3) is 0 Å². The summed E-state index contributed by atoms with van der Waals surface area (Å²) in [6.45, 7) is 2.10. The van der Waals surface area contributed by atoms with Crippen molar-refractivity contribution in [2.75, 3.05) is 5.75 Å². The molecule has 1 saturated heterocycles. The van der Waals surface area contributed by atoms with Gasteiger partial charge >= 0.3 is 0 Å². The average molecular weight is 161 g/mol. The smallest absolute Gasteiger partial charge is 0.211 e. The van der Waals surface area contributed by atoms with Crippen LogP contribution in [0.5, 0.6) is 0 Å². The third-order valence-corrected chi connectivity index (χ3v) is 4.00. The van der Waals surface area contributed by atoms with Crippen LogP contribution in [0, 0.1) is 11.8 Å². The Morgan fingerprint density at radius 1 is 1.50 bits per heavy atom. The molecule has 0 spiro atoms. The van der Waals surface area contributed by atoms with Gasteiger partial charge in [0.15, 0.2) is 0 Å². The highest BCUT2D eigenvalue weighted by atomic mass is 32.2. The Kier molecular flexibility index (Phi) is 1.15. The van der Waals surface area contributed by atoms with Gasteiger partial charge in [0.2, 0.25) is 10.0 Å². The summed E-state index contributed by atoms with van der Waals surface area (Å²) < 4.78 is 24.5. The summed E-state index contributed by atoms with van der Waals surface area (Å²) in [4.78, 5) is 0. The lowest BCUT2D eigenvalue weighted by molar-refractivity contribution is 0.556. The Morgan fingerprint density at radius 2 is 2.20 bits per heavy atom. The average Bonchev–Trinajstić information content (AvgIpc) is 2.40. The van der Waals surface area contributed by atoms with Gasteiger partial charge in [-0.1, -0.05) is 6.92 Å². The van der Waals surface area contributed by atoms with Crippen LogP contribution >= 0.6 is 0 Å². The minimum atomic E-state index is -2.87. The second-order valence-corrected chi connectivity index (χ2v) is 5.15. The molecule has 1 saturated carbocycles. The molecule has 0 bridgehead atoms. The van der Waals surface area contributed by atoms with Crippen LogP contribution in [0.2, 0.25) is 0 Å². The van der Waals surface area contributed by atoms with E-state index in [0.29, 0.717) is 17.6 Å². The predicted octanol–water partition coefficient (Wildman–Crippen LogP) is -0.0560. The minimum Gasteiger partial charge on any atom is -0.212 e. The second-order valence-electron chi connectivity index (χ2n) is 3.27. The first kappa shape index (κ1) is 6.61. The largest absolute Gasteiger partial charge is 0.212 e. The van der Waals surface area contributed by atoms with Crippen LogP contribution in [-0.4, -0.2) is 20.2 Å². The molecule has 2 aliphatic rings. The van der Waals surface area contributed by atoms with Crippen LogP contribution in [0.4, 0.5) is 0 Å².